The number of carbonyl (C=O) groups is 5. The molecule has 2 fully saturated rings. The zero-order valence-corrected chi connectivity index (χ0v) is 32.3. The van der Waals surface area contributed by atoms with Crippen LogP contribution in [0.3, 0.4) is 0 Å². The number of hydrogen-bond donors (Lipinski definition) is 1. The van der Waals surface area contributed by atoms with Crippen molar-refractivity contribution in [2.75, 3.05) is 33.7 Å². The highest BCUT2D eigenvalue weighted by atomic mass is 16.5. The van der Waals surface area contributed by atoms with Gasteiger partial charge in [0.2, 0.25) is 17.7 Å². The Balaban J connectivity index is 1.64. The number of unbranched alkanes of at least 4 members (excludes halogenated alkanes) is 4. The van der Waals surface area contributed by atoms with E-state index in [0.29, 0.717) is 69.5 Å². The van der Waals surface area contributed by atoms with Gasteiger partial charge in [0.25, 0.3) is 0 Å². The zero-order chi connectivity index (χ0) is 37.8. The number of piperidine rings is 1. The first-order chi connectivity index (χ1) is 24.9. The number of Topliss-reactive ketones (excluding diaryl/α,β-unsaturated/α-hetero) is 1. The number of nitrogens with zero attached hydrogens (tertiary/aromatic N) is 4. The summed E-state index contributed by atoms with van der Waals surface area (Å²) in [4.78, 5) is 75.5. The summed E-state index contributed by atoms with van der Waals surface area (Å²) < 4.78 is 5.67. The topological polar surface area (TPSA) is 120 Å². The molecule has 3 atom stereocenters. The first-order valence-electron chi connectivity index (χ1n) is 19.4. The molecule has 2 saturated heterocycles. The molecule has 3 aliphatic heterocycles. The van der Waals surface area contributed by atoms with Gasteiger partial charge in [0.1, 0.15) is 29.3 Å². The van der Waals surface area contributed by atoms with Gasteiger partial charge < -0.3 is 34.4 Å². The molecule has 11 nitrogen and oxygen atoms in total. The van der Waals surface area contributed by atoms with Crippen LogP contribution in [0.4, 0.5) is 0 Å². The van der Waals surface area contributed by atoms with Gasteiger partial charge in [-0.15, -0.1) is 0 Å². The Bertz CT molecular complexity index is 1460. The molecular formula is C41H61N5O6. The number of allylic oxidation sites excluding steroid dienone is 1. The molecule has 3 amide bonds. The summed E-state index contributed by atoms with van der Waals surface area (Å²) in [7, 11) is 3.91. The maximum absolute atomic E-state index is 15.0. The molecule has 11 heteroatoms. The molecule has 0 radical (unpaired) electrons. The van der Waals surface area contributed by atoms with Crippen molar-refractivity contribution >= 4 is 29.5 Å². The lowest BCUT2D eigenvalue weighted by molar-refractivity contribution is -0.156. The number of ether oxygens (including phenoxy) is 1. The standard InChI is InChI=1S/C41H61N5O6/c1-7-9-11-17-36(48)45-35(28-32-18-20-34(21-19-32)52-40(51)33-16-14-25-44(6)29-33)39(50)46(41(45)22-26-43(5)27-23-41)37(30(3)8-2)38(49)42-24-13-10-12-15-31(4)47/h14,18-21,25,29-30,35,37H,7-13,15-17,22-24,26-28H2,1-6H3,(H,42,49). The Morgan fingerprint density at radius 1 is 0.962 bits per heavy atom. The number of esters is 1. The third-order valence-electron chi connectivity index (χ3n) is 10.9. The number of benzene rings is 1. The van der Waals surface area contributed by atoms with E-state index in [-0.39, 0.29) is 35.8 Å². The number of likely N-dealkylation sites (tertiary alicyclic amines) is 1. The molecule has 3 unspecified atom stereocenters. The van der Waals surface area contributed by atoms with Crippen LogP contribution in [0.1, 0.15) is 110 Å². The molecule has 0 bridgehead atoms. The summed E-state index contributed by atoms with van der Waals surface area (Å²) in [6.07, 6.45) is 14.0. The van der Waals surface area contributed by atoms with Gasteiger partial charge in [-0.25, -0.2) is 4.79 Å². The van der Waals surface area contributed by atoms with Gasteiger partial charge in [0, 0.05) is 71.4 Å². The summed E-state index contributed by atoms with van der Waals surface area (Å²) >= 11 is 0. The molecule has 286 valence electrons. The molecule has 1 N–H and O–H groups in total. The number of carbonyl (C=O) groups excluding carboxylic acids is 5. The van der Waals surface area contributed by atoms with Crippen LogP contribution in [-0.4, -0.2) is 101 Å². The third kappa shape index (κ3) is 10.1. The highest BCUT2D eigenvalue weighted by Gasteiger charge is 2.62. The molecule has 0 aliphatic carbocycles. The average Bonchev–Trinajstić information content (AvgIpc) is 3.34. The molecule has 3 heterocycles. The molecule has 3 aliphatic rings. The lowest BCUT2D eigenvalue weighted by atomic mass is 9.88. The Labute approximate surface area is 310 Å². The van der Waals surface area contributed by atoms with E-state index in [1.165, 1.54) is 0 Å². The lowest BCUT2D eigenvalue weighted by Gasteiger charge is -2.51. The van der Waals surface area contributed by atoms with Crippen molar-refractivity contribution in [3.8, 4) is 5.75 Å². The van der Waals surface area contributed by atoms with Crippen LogP contribution in [0.2, 0.25) is 0 Å². The van der Waals surface area contributed by atoms with Gasteiger partial charge in [-0.1, -0.05) is 64.7 Å². The van der Waals surface area contributed by atoms with E-state index in [4.69, 9.17) is 4.74 Å². The summed E-state index contributed by atoms with van der Waals surface area (Å²) in [5, 5.41) is 3.13. The maximum atomic E-state index is 15.0. The number of ketones is 1. The number of nitrogens with one attached hydrogen (secondary N) is 1. The van der Waals surface area contributed by atoms with E-state index in [1.54, 1.807) is 25.3 Å². The molecule has 52 heavy (non-hydrogen) atoms. The Morgan fingerprint density at radius 2 is 1.65 bits per heavy atom. The molecule has 0 aromatic heterocycles. The molecule has 4 rings (SSSR count). The summed E-state index contributed by atoms with van der Waals surface area (Å²) in [6, 6.07) is 5.67. The van der Waals surface area contributed by atoms with Crippen LogP contribution in [0.25, 0.3) is 0 Å². The van der Waals surface area contributed by atoms with Gasteiger partial charge in [-0.05, 0) is 63.0 Å². The van der Waals surface area contributed by atoms with Gasteiger partial charge in [-0.2, -0.15) is 0 Å². The van der Waals surface area contributed by atoms with Crippen molar-refractivity contribution in [2.24, 2.45) is 5.92 Å². The van der Waals surface area contributed by atoms with E-state index in [9.17, 15) is 24.0 Å². The van der Waals surface area contributed by atoms with E-state index in [2.05, 4.69) is 24.2 Å². The second-order valence-corrected chi connectivity index (χ2v) is 15.0. The van der Waals surface area contributed by atoms with Gasteiger partial charge >= 0.3 is 5.97 Å². The van der Waals surface area contributed by atoms with Crippen molar-refractivity contribution in [3.05, 3.63) is 53.9 Å². The zero-order valence-electron chi connectivity index (χ0n) is 32.3. The highest BCUT2D eigenvalue weighted by Crippen LogP contribution is 2.44. The van der Waals surface area contributed by atoms with Crippen molar-refractivity contribution in [1.29, 1.82) is 0 Å². The number of amides is 3. The van der Waals surface area contributed by atoms with E-state index in [1.807, 2.05) is 60.0 Å². The van der Waals surface area contributed by atoms with Crippen LogP contribution in [0, 0.1) is 5.92 Å². The number of rotatable bonds is 18. The number of hydrogen-bond acceptors (Lipinski definition) is 8. The molecule has 0 saturated carbocycles. The predicted molar refractivity (Wildman–Crippen MR) is 202 cm³/mol. The fourth-order valence-electron chi connectivity index (χ4n) is 7.73. The van der Waals surface area contributed by atoms with E-state index >= 15 is 0 Å². The van der Waals surface area contributed by atoms with Crippen LogP contribution in [-0.2, 0) is 30.4 Å². The minimum absolute atomic E-state index is 0.0436. The summed E-state index contributed by atoms with van der Waals surface area (Å²) in [5.74, 6) is -0.405. The van der Waals surface area contributed by atoms with Crippen LogP contribution in [0.15, 0.2) is 48.3 Å². The van der Waals surface area contributed by atoms with Crippen molar-refractivity contribution in [3.63, 3.8) is 0 Å². The Kier molecular flexibility index (Phi) is 15.0. The SMILES string of the molecule is CCCCCC(=O)N1C(Cc2ccc(OC(=O)C3=CN(C)C=CC3)cc2)C(=O)N(C(C(=O)NCCCCCC(C)=O)C(C)CC)C12CCN(C)CC2. The predicted octanol–water partition coefficient (Wildman–Crippen LogP) is 5.59. The molecule has 1 aromatic rings. The first-order valence-corrected chi connectivity index (χ1v) is 19.4. The van der Waals surface area contributed by atoms with Gasteiger partial charge in [-0.3, -0.25) is 14.4 Å². The Hall–Kier alpha value is -3.99. The lowest BCUT2D eigenvalue weighted by Crippen LogP contribution is -2.66. The third-order valence-corrected chi connectivity index (χ3v) is 10.9. The van der Waals surface area contributed by atoms with Gasteiger partial charge in [0.05, 0.1) is 5.57 Å². The van der Waals surface area contributed by atoms with Crippen LogP contribution < -0.4 is 10.1 Å². The van der Waals surface area contributed by atoms with E-state index in [0.717, 1.165) is 44.1 Å². The second kappa shape index (κ2) is 19.2. The van der Waals surface area contributed by atoms with Crippen molar-refractivity contribution < 1.29 is 28.7 Å². The van der Waals surface area contributed by atoms with Gasteiger partial charge in [0.15, 0.2) is 0 Å². The normalized spacial score (nSPS) is 19.8. The molecular weight excluding hydrogens is 658 g/mol. The van der Waals surface area contributed by atoms with Crippen LogP contribution in [0.5, 0.6) is 5.75 Å². The summed E-state index contributed by atoms with van der Waals surface area (Å²) in [5.41, 5.74) is 0.471. The highest BCUT2D eigenvalue weighted by molar-refractivity contribution is 5.96. The molecule has 1 spiro atoms. The first kappa shape index (κ1) is 40.8. The quantitative estimate of drug-likeness (QED) is 0.119. The minimum Gasteiger partial charge on any atom is -0.423 e. The second-order valence-electron chi connectivity index (χ2n) is 15.0. The maximum Gasteiger partial charge on any atom is 0.341 e. The van der Waals surface area contributed by atoms with Crippen LogP contribution >= 0.6 is 0 Å². The molecule has 1 aromatic carbocycles. The average molecular weight is 720 g/mol. The minimum atomic E-state index is -0.921. The van der Waals surface area contributed by atoms with Crippen molar-refractivity contribution in [1.82, 2.24) is 24.9 Å². The fourth-order valence-corrected chi connectivity index (χ4v) is 7.73. The van der Waals surface area contributed by atoms with Crippen molar-refractivity contribution in [2.45, 2.75) is 129 Å². The largest absolute Gasteiger partial charge is 0.423 e. The summed E-state index contributed by atoms with van der Waals surface area (Å²) in [6.45, 7) is 9.61. The smallest absolute Gasteiger partial charge is 0.341 e. The Morgan fingerprint density at radius 3 is 2.29 bits per heavy atom. The van der Waals surface area contributed by atoms with E-state index < -0.39 is 23.7 Å². The monoisotopic (exact) mass is 719 g/mol. The fraction of sp³-hybridized carbons (Fsp3) is 0.634.